The lowest BCUT2D eigenvalue weighted by Crippen LogP contribution is -2.54. The van der Waals surface area contributed by atoms with E-state index in [9.17, 15) is 13.2 Å². The van der Waals surface area contributed by atoms with Crippen molar-refractivity contribution in [1.82, 2.24) is 14.9 Å². The second kappa shape index (κ2) is 15.2. The molecule has 7 rings (SSSR count). The molecule has 1 amide bonds. The highest BCUT2D eigenvalue weighted by Gasteiger charge is 2.33. The first-order valence-corrected chi connectivity index (χ1v) is 16.7. The number of epoxide rings is 2. The van der Waals surface area contributed by atoms with Gasteiger partial charge in [-0.3, -0.25) is 9.35 Å². The Morgan fingerprint density at radius 3 is 2.11 bits per heavy atom. The van der Waals surface area contributed by atoms with Crippen LogP contribution in [0.4, 0.5) is 11.8 Å². The molecule has 0 radical (unpaired) electrons. The van der Waals surface area contributed by atoms with E-state index in [0.29, 0.717) is 90.3 Å². The normalized spacial score (nSPS) is 21.1. The van der Waals surface area contributed by atoms with Crippen molar-refractivity contribution in [3.63, 3.8) is 0 Å². The van der Waals surface area contributed by atoms with Crippen LogP contribution in [0.25, 0.3) is 10.9 Å². The summed E-state index contributed by atoms with van der Waals surface area (Å²) in [6, 6.07) is 10.9. The fourth-order valence-corrected chi connectivity index (χ4v) is 4.74. The van der Waals surface area contributed by atoms with Gasteiger partial charge in [0.15, 0.2) is 23.0 Å². The number of ether oxygens (including phenoxy) is 7. The molecule has 2 aromatic carbocycles. The summed E-state index contributed by atoms with van der Waals surface area (Å²) in [5.41, 5.74) is 6.89. The molecular formula is C30H39N5O11S. The van der Waals surface area contributed by atoms with Gasteiger partial charge in [0.05, 0.1) is 52.4 Å². The summed E-state index contributed by atoms with van der Waals surface area (Å²) >= 11 is 0. The van der Waals surface area contributed by atoms with Gasteiger partial charge < -0.3 is 48.7 Å². The Kier molecular flexibility index (Phi) is 11.0. The van der Waals surface area contributed by atoms with Gasteiger partial charge in [-0.05, 0) is 18.2 Å². The summed E-state index contributed by atoms with van der Waals surface area (Å²) in [6.07, 6.45) is 0.849. The van der Waals surface area contributed by atoms with Gasteiger partial charge in [0.1, 0.15) is 24.6 Å². The first kappa shape index (κ1) is 34.2. The fourth-order valence-electron chi connectivity index (χ4n) is 4.74. The number of amides is 1. The Labute approximate surface area is 272 Å². The first-order valence-electron chi connectivity index (χ1n) is 14.9. The van der Waals surface area contributed by atoms with Gasteiger partial charge in [-0.15, -0.1) is 0 Å². The lowest BCUT2D eigenvalue weighted by Gasteiger charge is -2.37. The van der Waals surface area contributed by atoms with Crippen molar-refractivity contribution >= 4 is 38.7 Å². The summed E-state index contributed by atoms with van der Waals surface area (Å²) in [6.45, 7) is 5.66. The van der Waals surface area contributed by atoms with Crippen molar-refractivity contribution < 1.29 is 50.9 Å². The standard InChI is InChI=1S/C23H25N5O5.C6H10O3.CH4O3S/c1-30-18-11-14-15(12-19(18)31-2)25-23(26-21(14)24)28-9-7-27(8-10-28)22(29)20-13-32-16-5-3-4-6-17(16)33-20;1(5-3-8-5)7-2-6-4-9-6;1-5(2,3)4/h3-6,11-12,20H,7-10,13H2,1-2H3,(H2,24,25,26);5-6H,1-4H2;1H3,(H,2,3,4). The van der Waals surface area contributed by atoms with Gasteiger partial charge >= 0.3 is 0 Å². The van der Waals surface area contributed by atoms with Gasteiger partial charge in [0.2, 0.25) is 12.1 Å². The molecule has 4 aliphatic rings. The van der Waals surface area contributed by atoms with Crippen molar-refractivity contribution in [1.29, 1.82) is 0 Å². The Balaban J connectivity index is 0.000000255. The topological polar surface area (TPSA) is 201 Å². The van der Waals surface area contributed by atoms with Gasteiger partial charge in [-0.25, -0.2) is 4.98 Å². The number of aromatic nitrogens is 2. The molecule has 17 heteroatoms. The number of methoxy groups -OCH3 is 2. The van der Waals surface area contributed by atoms with Crippen LogP contribution in [0.15, 0.2) is 36.4 Å². The lowest BCUT2D eigenvalue weighted by molar-refractivity contribution is -0.141. The van der Waals surface area contributed by atoms with E-state index in [1.54, 1.807) is 37.3 Å². The summed E-state index contributed by atoms with van der Waals surface area (Å²) < 4.78 is 63.3. The smallest absolute Gasteiger partial charge is 0.267 e. The minimum absolute atomic E-state index is 0.0834. The van der Waals surface area contributed by atoms with Gasteiger partial charge in [0.25, 0.3) is 16.0 Å². The molecule has 4 aliphatic heterocycles. The molecule has 3 N–H and O–H groups in total. The maximum atomic E-state index is 13.0. The number of nitrogens with zero attached hydrogens (tertiary/aromatic N) is 4. The molecule has 5 heterocycles. The molecule has 47 heavy (non-hydrogen) atoms. The molecule has 3 atom stereocenters. The van der Waals surface area contributed by atoms with Crippen LogP contribution < -0.4 is 29.6 Å². The number of nitrogens with two attached hydrogens (primary N) is 1. The van der Waals surface area contributed by atoms with Crippen molar-refractivity contribution in [3.05, 3.63) is 36.4 Å². The summed E-state index contributed by atoms with van der Waals surface area (Å²) in [7, 11) is -0.524. The van der Waals surface area contributed by atoms with E-state index in [1.807, 2.05) is 23.1 Å². The predicted octanol–water partition coefficient (Wildman–Crippen LogP) is 1.02. The molecule has 3 fully saturated rings. The van der Waals surface area contributed by atoms with E-state index in [4.69, 9.17) is 43.4 Å². The van der Waals surface area contributed by atoms with Crippen LogP contribution in [-0.2, 0) is 29.1 Å². The number of nitrogen functional groups attached to an aromatic ring is 1. The van der Waals surface area contributed by atoms with Crippen LogP contribution in [0.2, 0.25) is 0 Å². The van der Waals surface area contributed by atoms with Crippen molar-refractivity contribution in [2.24, 2.45) is 0 Å². The van der Waals surface area contributed by atoms with Crippen LogP contribution in [0.1, 0.15) is 0 Å². The average Bonchev–Trinajstić information content (AvgIpc) is 4.00. The monoisotopic (exact) mass is 677 g/mol. The highest BCUT2D eigenvalue weighted by atomic mass is 32.2. The van der Waals surface area contributed by atoms with E-state index >= 15 is 0 Å². The minimum atomic E-state index is -3.67. The maximum Gasteiger partial charge on any atom is 0.267 e. The number of fused-ring (bicyclic) bond motifs is 2. The van der Waals surface area contributed by atoms with E-state index in [2.05, 4.69) is 9.97 Å². The molecular weight excluding hydrogens is 638 g/mol. The number of para-hydroxylation sites is 2. The highest BCUT2D eigenvalue weighted by molar-refractivity contribution is 7.85. The Morgan fingerprint density at radius 1 is 0.957 bits per heavy atom. The molecule has 16 nitrogen and oxygen atoms in total. The van der Waals surface area contributed by atoms with Crippen molar-refractivity contribution in [2.45, 2.75) is 18.3 Å². The third kappa shape index (κ3) is 9.92. The van der Waals surface area contributed by atoms with Crippen LogP contribution in [-0.4, -0.2) is 132 Å². The highest BCUT2D eigenvalue weighted by Crippen LogP contribution is 2.34. The molecule has 3 saturated heterocycles. The molecule has 0 aliphatic carbocycles. The number of hydrogen-bond donors (Lipinski definition) is 2. The molecule has 256 valence electrons. The average molecular weight is 678 g/mol. The quantitative estimate of drug-likeness (QED) is 0.253. The Morgan fingerprint density at radius 2 is 1.53 bits per heavy atom. The zero-order valence-corrected chi connectivity index (χ0v) is 27.2. The fraction of sp³-hybridized carbons (Fsp3) is 0.500. The number of benzene rings is 2. The summed E-state index contributed by atoms with van der Waals surface area (Å²) in [5.74, 6) is 3.18. The second-order valence-electron chi connectivity index (χ2n) is 11.0. The SMILES string of the molecule is C(OCC1CO1)C1CO1.COc1cc2nc(N3CCN(C(=O)C4COc5ccccc5O4)CC3)nc(N)c2cc1OC.CS(=O)(=O)O. The molecule has 0 saturated carbocycles. The maximum absolute atomic E-state index is 13.0. The third-order valence-corrected chi connectivity index (χ3v) is 7.29. The van der Waals surface area contributed by atoms with E-state index in [-0.39, 0.29) is 12.5 Å². The van der Waals surface area contributed by atoms with Crippen LogP contribution in [0, 0.1) is 0 Å². The van der Waals surface area contributed by atoms with Crippen LogP contribution in [0.3, 0.4) is 0 Å². The van der Waals surface area contributed by atoms with Gasteiger partial charge in [-0.2, -0.15) is 13.4 Å². The van der Waals surface area contributed by atoms with E-state index in [1.165, 1.54) is 0 Å². The zero-order chi connectivity index (χ0) is 33.6. The number of carbonyl (C=O) groups excluding carboxylic acids is 1. The minimum Gasteiger partial charge on any atom is -0.493 e. The summed E-state index contributed by atoms with van der Waals surface area (Å²) in [5, 5.41) is 0.694. The zero-order valence-electron chi connectivity index (χ0n) is 26.4. The van der Waals surface area contributed by atoms with Crippen molar-refractivity contribution in [2.75, 3.05) is 90.3 Å². The molecule has 1 aromatic heterocycles. The Hall–Kier alpha value is -4.16. The largest absolute Gasteiger partial charge is 0.493 e. The second-order valence-corrected chi connectivity index (χ2v) is 12.5. The van der Waals surface area contributed by atoms with Gasteiger partial charge in [-0.1, -0.05) is 12.1 Å². The molecule has 3 unspecified atom stereocenters. The third-order valence-electron chi connectivity index (χ3n) is 7.29. The molecule has 3 aromatic rings. The summed E-state index contributed by atoms with van der Waals surface area (Å²) in [4.78, 5) is 26.0. The number of piperazine rings is 1. The van der Waals surface area contributed by atoms with Crippen molar-refractivity contribution in [3.8, 4) is 23.0 Å². The molecule has 0 spiro atoms. The number of carbonyl (C=O) groups is 1. The number of rotatable bonds is 8. The number of anilines is 2. The first-order chi connectivity index (χ1) is 22.5. The van der Waals surface area contributed by atoms with E-state index < -0.39 is 16.2 Å². The molecule has 0 bridgehead atoms. The van der Waals surface area contributed by atoms with Crippen LogP contribution >= 0.6 is 0 Å². The van der Waals surface area contributed by atoms with Crippen LogP contribution in [0.5, 0.6) is 23.0 Å². The van der Waals surface area contributed by atoms with Gasteiger partial charge in [0, 0.05) is 37.6 Å². The lowest BCUT2D eigenvalue weighted by atomic mass is 10.2. The Bertz CT molecular complexity index is 1620. The predicted molar refractivity (Wildman–Crippen MR) is 170 cm³/mol. The number of hydrogen-bond acceptors (Lipinski definition) is 14. The van der Waals surface area contributed by atoms with E-state index in [0.717, 1.165) is 26.4 Å².